The Morgan fingerprint density at radius 2 is 1.22 bits per heavy atom. The molecule has 0 aliphatic heterocycles. The van der Waals surface area contributed by atoms with E-state index in [2.05, 4.69) is 0 Å². The summed E-state index contributed by atoms with van der Waals surface area (Å²) in [7, 11) is 0. The molecule has 4 N–H and O–H groups in total. The van der Waals surface area contributed by atoms with Crippen LogP contribution < -0.4 is 11.5 Å². The second-order valence-electron chi connectivity index (χ2n) is 1.64. The van der Waals surface area contributed by atoms with Gasteiger partial charge in [0.25, 0.3) is 0 Å². The third-order valence-corrected chi connectivity index (χ3v) is 0.908. The molecule has 9 heavy (non-hydrogen) atoms. The molecule has 0 amide bonds. The fourth-order valence-corrected chi connectivity index (χ4v) is 0.465. The molecule has 3 nitrogen and oxygen atoms in total. The molecule has 0 rings (SSSR count). The summed E-state index contributed by atoms with van der Waals surface area (Å²) in [6.07, 6.45) is 3.43. The summed E-state index contributed by atoms with van der Waals surface area (Å²) in [6.45, 7) is 3.61. The van der Waals surface area contributed by atoms with Crippen LogP contribution in [0.1, 0.15) is 19.3 Å². The molecule has 0 atom stereocenters. The van der Waals surface area contributed by atoms with Crippen molar-refractivity contribution < 1.29 is 4.79 Å². The summed E-state index contributed by atoms with van der Waals surface area (Å²) in [5.74, 6) is 0. The summed E-state index contributed by atoms with van der Waals surface area (Å²) in [6, 6.07) is 0. The molecular formula is C6H16N2O. The molecule has 0 unspecified atom stereocenters. The molecule has 0 radical (unpaired) electrons. The van der Waals surface area contributed by atoms with E-state index in [0.29, 0.717) is 0 Å². The van der Waals surface area contributed by atoms with Gasteiger partial charge in [-0.25, -0.2) is 0 Å². The average molecular weight is 132 g/mol. The number of unbranched alkanes of at least 4 members (excludes halogenated alkanes) is 2. The number of hydrogen-bond donors (Lipinski definition) is 2. The SMILES string of the molecule is C=O.NCCCCCN. The molecule has 0 aliphatic carbocycles. The maximum absolute atomic E-state index is 8.00. The standard InChI is InChI=1S/C5H14N2.CH2O/c6-4-2-1-3-5-7;1-2/h1-7H2;1H2. The van der Waals surface area contributed by atoms with E-state index in [1.807, 2.05) is 6.79 Å². The molecule has 0 aliphatic rings. The van der Waals surface area contributed by atoms with Crippen molar-refractivity contribution in [3.8, 4) is 0 Å². The van der Waals surface area contributed by atoms with Crippen LogP contribution in [0.4, 0.5) is 0 Å². The summed E-state index contributed by atoms with van der Waals surface area (Å²) >= 11 is 0. The lowest BCUT2D eigenvalue weighted by molar-refractivity contribution is -0.0979. The highest BCUT2D eigenvalue weighted by Gasteiger charge is 1.80. The number of hydrogen-bond acceptors (Lipinski definition) is 3. The van der Waals surface area contributed by atoms with E-state index in [9.17, 15) is 0 Å². The molecule has 56 valence electrons. The molecule has 0 bridgehead atoms. The number of nitrogens with two attached hydrogens (primary N) is 2. The summed E-state index contributed by atoms with van der Waals surface area (Å²) in [4.78, 5) is 8.00. The Bertz CT molecular complexity index is 38.0. The molecule has 0 saturated heterocycles. The summed E-state index contributed by atoms with van der Waals surface area (Å²) < 4.78 is 0. The molecule has 0 aromatic heterocycles. The van der Waals surface area contributed by atoms with Crippen LogP contribution in [0.15, 0.2) is 0 Å². The van der Waals surface area contributed by atoms with Crippen molar-refractivity contribution in [3.63, 3.8) is 0 Å². The summed E-state index contributed by atoms with van der Waals surface area (Å²) in [5.41, 5.74) is 10.5. The van der Waals surface area contributed by atoms with Gasteiger partial charge in [0.05, 0.1) is 0 Å². The van der Waals surface area contributed by atoms with Gasteiger partial charge in [0.1, 0.15) is 6.79 Å². The largest absolute Gasteiger partial charge is 0.330 e. The first-order chi connectivity index (χ1) is 4.41. The Balaban J connectivity index is 0. The van der Waals surface area contributed by atoms with Crippen LogP contribution in [-0.2, 0) is 4.79 Å². The van der Waals surface area contributed by atoms with E-state index < -0.39 is 0 Å². The van der Waals surface area contributed by atoms with Crippen molar-refractivity contribution in [2.24, 2.45) is 11.5 Å². The number of carbonyl (C=O) groups is 1. The molecule has 0 aromatic carbocycles. The van der Waals surface area contributed by atoms with Crippen molar-refractivity contribution >= 4 is 6.79 Å². The molecular weight excluding hydrogens is 116 g/mol. The normalized spacial score (nSPS) is 7.78. The predicted molar refractivity (Wildman–Crippen MR) is 39.1 cm³/mol. The maximum atomic E-state index is 8.00. The fourth-order valence-electron chi connectivity index (χ4n) is 0.465. The van der Waals surface area contributed by atoms with Crippen LogP contribution in [-0.4, -0.2) is 19.9 Å². The first-order valence-corrected chi connectivity index (χ1v) is 3.11. The van der Waals surface area contributed by atoms with Gasteiger partial charge < -0.3 is 16.3 Å². The Morgan fingerprint density at radius 1 is 0.889 bits per heavy atom. The van der Waals surface area contributed by atoms with E-state index in [0.717, 1.165) is 25.9 Å². The molecule has 0 saturated carbocycles. The van der Waals surface area contributed by atoms with Gasteiger partial charge in [-0.3, -0.25) is 0 Å². The van der Waals surface area contributed by atoms with Crippen LogP contribution in [0.2, 0.25) is 0 Å². The van der Waals surface area contributed by atoms with Crippen LogP contribution in [0.25, 0.3) is 0 Å². The third kappa shape index (κ3) is 18.4. The molecule has 0 aromatic rings. The highest BCUT2D eigenvalue weighted by atomic mass is 16.1. The van der Waals surface area contributed by atoms with Crippen LogP contribution in [0, 0.1) is 0 Å². The molecule has 3 heteroatoms. The van der Waals surface area contributed by atoms with Crippen LogP contribution in [0.3, 0.4) is 0 Å². The average Bonchev–Trinajstić information content (AvgIpc) is 1.94. The van der Waals surface area contributed by atoms with Gasteiger partial charge in [-0.05, 0) is 25.9 Å². The molecule has 0 spiro atoms. The zero-order valence-corrected chi connectivity index (χ0v) is 5.81. The highest BCUT2D eigenvalue weighted by Crippen LogP contribution is 1.88. The van der Waals surface area contributed by atoms with Gasteiger partial charge in [-0.1, -0.05) is 6.42 Å². The maximum Gasteiger partial charge on any atom is 0.106 e. The van der Waals surface area contributed by atoms with Gasteiger partial charge in [-0.2, -0.15) is 0 Å². The first-order valence-electron chi connectivity index (χ1n) is 3.11. The lowest BCUT2D eigenvalue weighted by Crippen LogP contribution is -2.02. The number of rotatable bonds is 4. The van der Waals surface area contributed by atoms with Crippen molar-refractivity contribution in [1.29, 1.82) is 0 Å². The predicted octanol–water partition coefficient (Wildman–Crippen LogP) is -0.111. The van der Waals surface area contributed by atoms with Gasteiger partial charge in [0, 0.05) is 0 Å². The first kappa shape index (κ1) is 11.4. The van der Waals surface area contributed by atoms with E-state index in [-0.39, 0.29) is 0 Å². The van der Waals surface area contributed by atoms with E-state index in [1.54, 1.807) is 0 Å². The van der Waals surface area contributed by atoms with Gasteiger partial charge in [0.15, 0.2) is 0 Å². The third-order valence-electron chi connectivity index (χ3n) is 0.908. The lowest BCUT2D eigenvalue weighted by atomic mass is 10.2. The fraction of sp³-hybridized carbons (Fsp3) is 0.833. The second-order valence-corrected chi connectivity index (χ2v) is 1.64. The highest BCUT2D eigenvalue weighted by molar-refractivity contribution is 5.10. The molecule has 0 fully saturated rings. The smallest absolute Gasteiger partial charge is 0.106 e. The minimum Gasteiger partial charge on any atom is -0.330 e. The van der Waals surface area contributed by atoms with E-state index in [4.69, 9.17) is 16.3 Å². The lowest BCUT2D eigenvalue weighted by Gasteiger charge is -1.91. The Hall–Kier alpha value is -0.410. The minimum absolute atomic E-state index is 0.806. The van der Waals surface area contributed by atoms with Crippen LogP contribution >= 0.6 is 0 Å². The van der Waals surface area contributed by atoms with Crippen molar-refractivity contribution in [2.45, 2.75) is 19.3 Å². The van der Waals surface area contributed by atoms with Gasteiger partial charge in [0.2, 0.25) is 0 Å². The van der Waals surface area contributed by atoms with Crippen LogP contribution in [0.5, 0.6) is 0 Å². The number of carbonyl (C=O) groups excluding carboxylic acids is 1. The van der Waals surface area contributed by atoms with Crippen molar-refractivity contribution in [2.75, 3.05) is 13.1 Å². The van der Waals surface area contributed by atoms with E-state index >= 15 is 0 Å². The van der Waals surface area contributed by atoms with Gasteiger partial charge >= 0.3 is 0 Å². The van der Waals surface area contributed by atoms with E-state index in [1.165, 1.54) is 6.42 Å². The summed E-state index contributed by atoms with van der Waals surface area (Å²) in [5, 5.41) is 0. The monoisotopic (exact) mass is 132 g/mol. The second kappa shape index (κ2) is 15.6. The Morgan fingerprint density at radius 3 is 1.44 bits per heavy atom. The quantitative estimate of drug-likeness (QED) is 0.524. The minimum atomic E-state index is 0.806. The van der Waals surface area contributed by atoms with Crippen molar-refractivity contribution in [1.82, 2.24) is 0 Å². The molecule has 0 heterocycles. The topological polar surface area (TPSA) is 69.1 Å². The zero-order valence-electron chi connectivity index (χ0n) is 5.81. The zero-order chi connectivity index (χ0) is 7.54. The Labute approximate surface area is 56.4 Å². The Kier molecular flexibility index (Phi) is 19.8. The van der Waals surface area contributed by atoms with Crippen molar-refractivity contribution in [3.05, 3.63) is 0 Å². The van der Waals surface area contributed by atoms with Gasteiger partial charge in [-0.15, -0.1) is 0 Å².